The predicted molar refractivity (Wildman–Crippen MR) is 76.7 cm³/mol. The number of primary amides is 1. The van der Waals surface area contributed by atoms with Gasteiger partial charge in [0.25, 0.3) is 0 Å². The predicted octanol–water partition coefficient (Wildman–Crippen LogP) is 2.60. The lowest BCUT2D eigenvalue weighted by molar-refractivity contribution is 0.150. The van der Waals surface area contributed by atoms with Gasteiger partial charge >= 0.3 is 6.09 Å². The number of terminal acetylenes is 1. The van der Waals surface area contributed by atoms with Crippen LogP contribution in [0.25, 0.3) is 0 Å². The summed E-state index contributed by atoms with van der Waals surface area (Å²) >= 11 is 5.91. The molecule has 0 heterocycles. The molecule has 1 amide bonds. The van der Waals surface area contributed by atoms with E-state index in [9.17, 15) is 9.18 Å². The number of amides is 1. The van der Waals surface area contributed by atoms with Crippen molar-refractivity contribution in [3.8, 4) is 12.3 Å². The Morgan fingerprint density at radius 3 is 2.58 bits per heavy atom. The van der Waals surface area contributed by atoms with Gasteiger partial charge in [-0.2, -0.15) is 0 Å². The topological polar surface area (TPSA) is 52.3 Å². The summed E-state index contributed by atoms with van der Waals surface area (Å²) < 4.78 is 18.5. The summed E-state index contributed by atoms with van der Waals surface area (Å²) in [6.07, 6.45) is 4.51. The molecule has 1 rings (SSSR count). The van der Waals surface area contributed by atoms with Crippen molar-refractivity contribution < 1.29 is 13.9 Å². The molecule has 0 unspecified atom stereocenters. The van der Waals surface area contributed by atoms with E-state index < -0.39 is 20.0 Å². The number of carbonyl (C=O) groups excluding carboxylic acids is 1. The molecule has 1 aromatic rings. The maximum Gasteiger partial charge on any atom is 0.404 e. The van der Waals surface area contributed by atoms with Gasteiger partial charge in [-0.3, -0.25) is 0 Å². The lowest BCUT2D eigenvalue weighted by Gasteiger charge is -2.24. The third-order valence-electron chi connectivity index (χ3n) is 2.57. The van der Waals surface area contributed by atoms with Crippen LogP contribution >= 0.6 is 11.6 Å². The number of hydrogen-bond donors (Lipinski definition) is 1. The maximum absolute atomic E-state index is 13.7. The summed E-state index contributed by atoms with van der Waals surface area (Å²) in [6, 6.07) is 1.25. The van der Waals surface area contributed by atoms with Crippen LogP contribution in [0.5, 0.6) is 0 Å². The third-order valence-corrected chi connectivity index (χ3v) is 5.01. The van der Waals surface area contributed by atoms with Crippen LogP contribution in [-0.2, 0) is 11.3 Å². The molecule has 0 aliphatic rings. The van der Waals surface area contributed by atoms with E-state index in [0.29, 0.717) is 11.1 Å². The van der Waals surface area contributed by atoms with Crippen LogP contribution in [0.15, 0.2) is 6.07 Å². The minimum absolute atomic E-state index is 0.0669. The Morgan fingerprint density at radius 1 is 1.58 bits per heavy atom. The highest BCUT2D eigenvalue weighted by Crippen LogP contribution is 2.23. The normalized spacial score (nSPS) is 10.9. The molecule has 102 valence electrons. The third kappa shape index (κ3) is 3.49. The standard InChI is InChI=1S/C13H15ClFNO2Si/c1-5-9-11(14)10(15)6-8(7-18-13(16)17)12(9)19(2,3)4/h1,6H,7H2,2-4H3,(H2,16,17). The lowest BCUT2D eigenvalue weighted by atomic mass is 10.1. The van der Waals surface area contributed by atoms with Gasteiger partial charge in [-0.25, -0.2) is 9.18 Å². The number of halogens is 2. The fourth-order valence-electron chi connectivity index (χ4n) is 1.93. The van der Waals surface area contributed by atoms with E-state index in [0.717, 1.165) is 5.19 Å². The molecule has 6 heteroatoms. The second-order valence-electron chi connectivity index (χ2n) is 5.08. The summed E-state index contributed by atoms with van der Waals surface area (Å²) in [4.78, 5) is 10.7. The van der Waals surface area contributed by atoms with Gasteiger partial charge in [-0.05, 0) is 16.8 Å². The van der Waals surface area contributed by atoms with Crippen LogP contribution in [-0.4, -0.2) is 14.2 Å². The Balaban J connectivity index is 3.49. The van der Waals surface area contributed by atoms with E-state index in [4.69, 9.17) is 28.5 Å². The maximum atomic E-state index is 13.7. The Bertz CT molecular complexity index is 561. The molecule has 2 N–H and O–H groups in total. The minimum atomic E-state index is -1.90. The number of rotatable bonds is 3. The monoisotopic (exact) mass is 299 g/mol. The largest absolute Gasteiger partial charge is 0.445 e. The molecule has 3 nitrogen and oxygen atoms in total. The Morgan fingerprint density at radius 2 is 2.16 bits per heavy atom. The zero-order chi connectivity index (χ0) is 14.8. The molecule has 0 fully saturated rings. The fourth-order valence-corrected chi connectivity index (χ4v) is 4.27. The van der Waals surface area contributed by atoms with E-state index in [1.165, 1.54) is 6.07 Å². The molecular weight excluding hydrogens is 285 g/mol. The molecule has 0 atom stereocenters. The highest BCUT2D eigenvalue weighted by atomic mass is 35.5. The van der Waals surface area contributed by atoms with Crippen molar-refractivity contribution in [2.75, 3.05) is 0 Å². The summed E-state index contributed by atoms with van der Waals surface area (Å²) in [5, 5.41) is 0.741. The highest BCUT2D eigenvalue weighted by molar-refractivity contribution is 6.89. The molecule has 0 spiro atoms. The average molecular weight is 300 g/mol. The fraction of sp³-hybridized carbons (Fsp3) is 0.308. The summed E-state index contributed by atoms with van der Waals surface area (Å²) in [6.45, 7) is 6.03. The molecular formula is C13H15ClFNO2Si. The van der Waals surface area contributed by atoms with Gasteiger partial charge in [-0.1, -0.05) is 37.2 Å². The molecule has 0 saturated carbocycles. The zero-order valence-corrected chi connectivity index (χ0v) is 12.8. The molecule has 0 aliphatic carbocycles. The van der Waals surface area contributed by atoms with E-state index in [1.807, 2.05) is 19.6 Å². The van der Waals surface area contributed by atoms with Crippen molar-refractivity contribution in [3.63, 3.8) is 0 Å². The van der Waals surface area contributed by atoms with Gasteiger partial charge in [0.05, 0.1) is 13.1 Å². The van der Waals surface area contributed by atoms with Crippen molar-refractivity contribution in [3.05, 3.63) is 28.0 Å². The van der Waals surface area contributed by atoms with Crippen LogP contribution in [0, 0.1) is 18.2 Å². The van der Waals surface area contributed by atoms with Gasteiger partial charge in [0, 0.05) is 5.56 Å². The Hall–Kier alpha value is -1.51. The van der Waals surface area contributed by atoms with Crippen molar-refractivity contribution in [2.24, 2.45) is 5.73 Å². The Kier molecular flexibility index (Phi) is 4.61. The molecule has 0 radical (unpaired) electrons. The SMILES string of the molecule is C#Cc1c(Cl)c(F)cc(COC(N)=O)c1[Si](C)(C)C. The van der Waals surface area contributed by atoms with Crippen molar-refractivity contribution in [1.82, 2.24) is 0 Å². The van der Waals surface area contributed by atoms with E-state index in [2.05, 4.69) is 5.92 Å². The number of benzene rings is 1. The van der Waals surface area contributed by atoms with Crippen LogP contribution in [0.1, 0.15) is 11.1 Å². The Labute approximate surface area is 117 Å². The molecule has 19 heavy (non-hydrogen) atoms. The first-order chi connectivity index (χ1) is 8.68. The summed E-state index contributed by atoms with van der Waals surface area (Å²) in [5.41, 5.74) is 5.79. The molecule has 0 aromatic heterocycles. The van der Waals surface area contributed by atoms with E-state index in [-0.39, 0.29) is 11.6 Å². The van der Waals surface area contributed by atoms with E-state index >= 15 is 0 Å². The summed E-state index contributed by atoms with van der Waals surface area (Å²) in [7, 11) is -1.90. The quantitative estimate of drug-likeness (QED) is 0.689. The molecule has 0 saturated heterocycles. The average Bonchev–Trinajstić information content (AvgIpc) is 2.28. The van der Waals surface area contributed by atoms with Gasteiger partial charge in [0.1, 0.15) is 12.4 Å². The smallest absolute Gasteiger partial charge is 0.404 e. The van der Waals surface area contributed by atoms with Gasteiger partial charge < -0.3 is 10.5 Å². The van der Waals surface area contributed by atoms with Crippen molar-refractivity contribution >= 4 is 31.0 Å². The van der Waals surface area contributed by atoms with Crippen molar-refractivity contribution in [2.45, 2.75) is 26.2 Å². The van der Waals surface area contributed by atoms with Crippen LogP contribution in [0.3, 0.4) is 0 Å². The summed E-state index contributed by atoms with van der Waals surface area (Å²) in [5.74, 6) is 1.81. The highest BCUT2D eigenvalue weighted by Gasteiger charge is 2.27. The first-order valence-electron chi connectivity index (χ1n) is 5.58. The van der Waals surface area contributed by atoms with Gasteiger partial charge in [0.2, 0.25) is 0 Å². The number of nitrogens with two attached hydrogens (primary N) is 1. The first kappa shape index (κ1) is 15.5. The molecule has 0 bridgehead atoms. The van der Waals surface area contributed by atoms with E-state index in [1.54, 1.807) is 0 Å². The first-order valence-corrected chi connectivity index (χ1v) is 9.46. The van der Waals surface area contributed by atoms with Crippen LogP contribution < -0.4 is 10.9 Å². The van der Waals surface area contributed by atoms with Crippen molar-refractivity contribution in [1.29, 1.82) is 0 Å². The second kappa shape index (κ2) is 5.64. The minimum Gasteiger partial charge on any atom is -0.445 e. The zero-order valence-electron chi connectivity index (χ0n) is 11.0. The lowest BCUT2D eigenvalue weighted by Crippen LogP contribution is -2.43. The number of hydrogen-bond acceptors (Lipinski definition) is 2. The number of carbonyl (C=O) groups is 1. The van der Waals surface area contributed by atoms with Gasteiger partial charge in [-0.15, -0.1) is 6.42 Å². The van der Waals surface area contributed by atoms with Crippen LogP contribution in [0.4, 0.5) is 9.18 Å². The van der Waals surface area contributed by atoms with Gasteiger partial charge in [0.15, 0.2) is 0 Å². The number of ether oxygens (including phenoxy) is 1. The van der Waals surface area contributed by atoms with Crippen LogP contribution in [0.2, 0.25) is 24.7 Å². The molecule has 0 aliphatic heterocycles. The second-order valence-corrected chi connectivity index (χ2v) is 10.5. The molecule has 1 aromatic carbocycles.